The molecule has 1 aliphatic heterocycles. The Labute approximate surface area is 135 Å². The van der Waals surface area contributed by atoms with E-state index in [1.807, 2.05) is 24.3 Å². The molecule has 2 aromatic rings. The Kier molecular flexibility index (Phi) is 4.00. The number of rotatable bonds is 3. The standard InChI is InChI=1S/C13H13BrN4O3S/c14-9-2-1-3-11(6-9)18-7-12(16-17-18)13(19)15-10-4-5-22(20,21)8-10/h1-3,6-7,10H,4-5,8H2,(H,15,19)/t10-/m0/s1. The van der Waals surface area contributed by atoms with Gasteiger partial charge in [0, 0.05) is 10.5 Å². The van der Waals surface area contributed by atoms with E-state index < -0.39 is 15.7 Å². The molecule has 0 radical (unpaired) electrons. The number of hydrogen-bond donors (Lipinski definition) is 1. The highest BCUT2D eigenvalue weighted by atomic mass is 79.9. The predicted molar refractivity (Wildman–Crippen MR) is 83.6 cm³/mol. The summed E-state index contributed by atoms with van der Waals surface area (Å²) >= 11 is 3.37. The molecule has 0 unspecified atom stereocenters. The molecular formula is C13H13BrN4O3S. The van der Waals surface area contributed by atoms with E-state index in [0.717, 1.165) is 10.2 Å². The molecule has 1 aromatic heterocycles. The van der Waals surface area contributed by atoms with E-state index >= 15 is 0 Å². The van der Waals surface area contributed by atoms with Crippen LogP contribution in [-0.2, 0) is 9.84 Å². The fraction of sp³-hybridized carbons (Fsp3) is 0.308. The van der Waals surface area contributed by atoms with Crippen LogP contribution in [0.15, 0.2) is 34.9 Å². The average Bonchev–Trinajstić information content (AvgIpc) is 3.06. The highest BCUT2D eigenvalue weighted by Crippen LogP contribution is 2.15. The number of halogens is 1. The number of nitrogens with one attached hydrogen (secondary N) is 1. The van der Waals surface area contributed by atoms with E-state index in [2.05, 4.69) is 31.6 Å². The number of aromatic nitrogens is 3. The molecule has 0 saturated carbocycles. The summed E-state index contributed by atoms with van der Waals surface area (Å²) < 4.78 is 25.2. The fourth-order valence-corrected chi connectivity index (χ4v) is 4.34. The van der Waals surface area contributed by atoms with E-state index in [1.165, 1.54) is 10.9 Å². The summed E-state index contributed by atoms with van der Waals surface area (Å²) in [6.07, 6.45) is 1.95. The zero-order chi connectivity index (χ0) is 15.7. The highest BCUT2D eigenvalue weighted by Gasteiger charge is 2.29. The van der Waals surface area contributed by atoms with Crippen LogP contribution in [0.4, 0.5) is 0 Å². The van der Waals surface area contributed by atoms with Crippen molar-refractivity contribution in [2.75, 3.05) is 11.5 Å². The van der Waals surface area contributed by atoms with E-state index in [1.54, 1.807) is 0 Å². The molecule has 1 amide bonds. The van der Waals surface area contributed by atoms with Gasteiger partial charge in [0.05, 0.1) is 23.4 Å². The van der Waals surface area contributed by atoms with Crippen molar-refractivity contribution in [1.82, 2.24) is 20.3 Å². The Balaban J connectivity index is 1.72. The number of benzene rings is 1. The summed E-state index contributed by atoms with van der Waals surface area (Å²) in [5, 5.41) is 10.4. The van der Waals surface area contributed by atoms with Crippen molar-refractivity contribution < 1.29 is 13.2 Å². The normalized spacial score (nSPS) is 20.0. The molecule has 1 N–H and O–H groups in total. The van der Waals surface area contributed by atoms with Crippen LogP contribution < -0.4 is 5.32 Å². The molecule has 1 fully saturated rings. The third-order valence-electron chi connectivity index (χ3n) is 3.37. The summed E-state index contributed by atoms with van der Waals surface area (Å²) in [6, 6.07) is 7.07. The van der Waals surface area contributed by atoms with Crippen LogP contribution in [-0.4, -0.2) is 46.9 Å². The van der Waals surface area contributed by atoms with Crippen LogP contribution in [0.3, 0.4) is 0 Å². The van der Waals surface area contributed by atoms with Crippen molar-refractivity contribution in [3.05, 3.63) is 40.6 Å². The molecule has 0 spiro atoms. The second-order valence-electron chi connectivity index (χ2n) is 5.10. The second-order valence-corrected chi connectivity index (χ2v) is 8.25. The summed E-state index contributed by atoms with van der Waals surface area (Å²) in [5.41, 5.74) is 0.925. The monoisotopic (exact) mass is 384 g/mol. The van der Waals surface area contributed by atoms with Crippen LogP contribution in [0.1, 0.15) is 16.9 Å². The lowest BCUT2D eigenvalue weighted by Gasteiger charge is -2.08. The maximum Gasteiger partial charge on any atom is 0.273 e. The first-order valence-corrected chi connectivity index (χ1v) is 9.24. The number of amides is 1. The van der Waals surface area contributed by atoms with Crippen molar-refractivity contribution in [2.24, 2.45) is 0 Å². The summed E-state index contributed by atoms with van der Waals surface area (Å²) in [6.45, 7) is 0. The van der Waals surface area contributed by atoms with E-state index in [4.69, 9.17) is 0 Å². The number of carbonyl (C=O) groups excluding carboxylic acids is 1. The van der Waals surface area contributed by atoms with E-state index in [9.17, 15) is 13.2 Å². The van der Waals surface area contributed by atoms with Gasteiger partial charge in [-0.05, 0) is 24.6 Å². The van der Waals surface area contributed by atoms with Crippen LogP contribution >= 0.6 is 15.9 Å². The largest absolute Gasteiger partial charge is 0.347 e. The van der Waals surface area contributed by atoms with Crippen LogP contribution in [0.25, 0.3) is 5.69 Å². The Morgan fingerprint density at radius 2 is 2.23 bits per heavy atom. The second kappa shape index (κ2) is 5.81. The quantitative estimate of drug-likeness (QED) is 0.849. The molecule has 0 bridgehead atoms. The minimum Gasteiger partial charge on any atom is -0.347 e. The Hall–Kier alpha value is -1.74. The molecule has 1 aromatic carbocycles. The van der Waals surface area contributed by atoms with Gasteiger partial charge in [-0.3, -0.25) is 4.79 Å². The maximum atomic E-state index is 12.1. The first-order chi connectivity index (χ1) is 10.4. The number of nitrogens with zero attached hydrogens (tertiary/aromatic N) is 3. The van der Waals surface area contributed by atoms with Gasteiger partial charge in [0.1, 0.15) is 0 Å². The van der Waals surface area contributed by atoms with Crippen molar-refractivity contribution in [3.8, 4) is 5.69 Å². The van der Waals surface area contributed by atoms with Gasteiger partial charge in [-0.25, -0.2) is 13.1 Å². The van der Waals surface area contributed by atoms with Crippen molar-refractivity contribution in [3.63, 3.8) is 0 Å². The lowest BCUT2D eigenvalue weighted by atomic mass is 10.2. The molecular weight excluding hydrogens is 372 g/mol. The molecule has 1 aliphatic rings. The van der Waals surface area contributed by atoms with E-state index in [0.29, 0.717) is 6.42 Å². The maximum absolute atomic E-state index is 12.1. The van der Waals surface area contributed by atoms with Crippen LogP contribution in [0, 0.1) is 0 Å². The van der Waals surface area contributed by atoms with Crippen molar-refractivity contribution in [1.29, 1.82) is 0 Å². The van der Waals surface area contributed by atoms with Gasteiger partial charge < -0.3 is 5.32 Å². The lowest BCUT2D eigenvalue weighted by molar-refractivity contribution is 0.0936. The van der Waals surface area contributed by atoms with Gasteiger partial charge in [0.25, 0.3) is 5.91 Å². The van der Waals surface area contributed by atoms with Gasteiger partial charge in [-0.1, -0.05) is 27.2 Å². The Morgan fingerprint density at radius 1 is 1.41 bits per heavy atom. The van der Waals surface area contributed by atoms with Crippen molar-refractivity contribution >= 4 is 31.7 Å². The van der Waals surface area contributed by atoms with E-state index in [-0.39, 0.29) is 23.2 Å². The topological polar surface area (TPSA) is 94.0 Å². The third-order valence-corrected chi connectivity index (χ3v) is 5.63. The first kappa shape index (κ1) is 15.2. The lowest BCUT2D eigenvalue weighted by Crippen LogP contribution is -2.35. The highest BCUT2D eigenvalue weighted by molar-refractivity contribution is 9.10. The van der Waals surface area contributed by atoms with Gasteiger partial charge >= 0.3 is 0 Å². The molecule has 0 aliphatic carbocycles. The van der Waals surface area contributed by atoms with Crippen LogP contribution in [0.5, 0.6) is 0 Å². The molecule has 7 nitrogen and oxygen atoms in total. The zero-order valence-electron chi connectivity index (χ0n) is 11.4. The molecule has 3 rings (SSSR count). The van der Waals surface area contributed by atoms with Gasteiger partial charge in [-0.2, -0.15) is 0 Å². The summed E-state index contributed by atoms with van der Waals surface area (Å²) in [4.78, 5) is 12.1. The van der Waals surface area contributed by atoms with Gasteiger partial charge in [-0.15, -0.1) is 5.10 Å². The molecule has 1 saturated heterocycles. The molecule has 1 atom stereocenters. The minimum absolute atomic E-state index is 0.0154. The Morgan fingerprint density at radius 3 is 2.91 bits per heavy atom. The summed E-state index contributed by atoms with van der Waals surface area (Å²) in [7, 11) is -3.03. The third kappa shape index (κ3) is 3.36. The van der Waals surface area contributed by atoms with Crippen LogP contribution in [0.2, 0.25) is 0 Å². The van der Waals surface area contributed by atoms with Gasteiger partial charge in [0.15, 0.2) is 15.5 Å². The fourth-order valence-electron chi connectivity index (χ4n) is 2.28. The molecule has 2 heterocycles. The minimum atomic E-state index is -3.03. The number of sulfone groups is 1. The molecule has 22 heavy (non-hydrogen) atoms. The number of hydrogen-bond acceptors (Lipinski definition) is 5. The Bertz CT molecular complexity index is 818. The van der Waals surface area contributed by atoms with Gasteiger partial charge in [0.2, 0.25) is 0 Å². The average molecular weight is 385 g/mol. The summed E-state index contributed by atoms with van der Waals surface area (Å²) in [5.74, 6) is -0.315. The van der Waals surface area contributed by atoms with Crippen molar-refractivity contribution in [2.45, 2.75) is 12.5 Å². The smallest absolute Gasteiger partial charge is 0.273 e. The molecule has 9 heteroatoms. The molecule has 116 valence electrons. The first-order valence-electron chi connectivity index (χ1n) is 6.62. The SMILES string of the molecule is O=C(N[C@H]1CCS(=O)(=O)C1)c1cn(-c2cccc(Br)c2)nn1. The predicted octanol–water partition coefficient (Wildman–Crippen LogP) is 0.947. The number of carbonyl (C=O) groups is 1. The zero-order valence-corrected chi connectivity index (χ0v) is 13.8.